The van der Waals surface area contributed by atoms with Gasteiger partial charge in [-0.25, -0.2) is 0 Å². The molecule has 0 fully saturated rings. The summed E-state index contributed by atoms with van der Waals surface area (Å²) in [5.41, 5.74) is 0.221. The van der Waals surface area contributed by atoms with Crippen LogP contribution in [0, 0.1) is 0 Å². The van der Waals surface area contributed by atoms with E-state index >= 15 is 0 Å². The third-order valence-electron chi connectivity index (χ3n) is 1.01. The van der Waals surface area contributed by atoms with Gasteiger partial charge in [0, 0.05) is 46.0 Å². The summed E-state index contributed by atoms with van der Waals surface area (Å²) >= 11 is 0. The molecular weight excluding hydrogens is 219 g/mol. The first kappa shape index (κ1) is 10.7. The van der Waals surface area contributed by atoms with Crippen LogP contribution >= 0.6 is 0 Å². The van der Waals surface area contributed by atoms with Crippen molar-refractivity contribution in [2.24, 2.45) is 0 Å². The van der Waals surface area contributed by atoms with Gasteiger partial charge in [0.2, 0.25) is 0 Å². The zero-order valence-corrected chi connectivity index (χ0v) is 8.87. The normalized spacial score (nSPS) is 8.09. The van der Waals surface area contributed by atoms with Crippen LogP contribution in [0.25, 0.3) is 0 Å². The molecule has 1 radical (unpaired) electrons. The number of hydrogen-bond acceptors (Lipinski definition) is 4. The summed E-state index contributed by atoms with van der Waals surface area (Å²) in [5, 5.41) is 2.77. The van der Waals surface area contributed by atoms with Crippen LogP contribution in [0.2, 0.25) is 0 Å². The Balaban J connectivity index is 0.000001000. The molecule has 0 aromatic carbocycles. The first-order valence-corrected chi connectivity index (χ1v) is 2.75. The van der Waals surface area contributed by atoms with Crippen molar-refractivity contribution in [1.29, 1.82) is 0 Å². The molecule has 4 nitrogen and oxygen atoms in total. The number of anilines is 1. The monoisotopic (exact) mass is 225 g/mol. The first-order chi connectivity index (χ1) is 4.86. The summed E-state index contributed by atoms with van der Waals surface area (Å²) in [6.45, 7) is 0. The van der Waals surface area contributed by atoms with E-state index in [1.54, 1.807) is 13.3 Å². The third-order valence-corrected chi connectivity index (χ3v) is 1.01. The van der Waals surface area contributed by atoms with Crippen molar-refractivity contribution >= 4 is 12.1 Å². The van der Waals surface area contributed by atoms with Gasteiger partial charge in [-0.2, -0.15) is 0 Å². The molecule has 0 atom stereocenters. The van der Waals surface area contributed by atoms with Crippen LogP contribution in [0.3, 0.4) is 0 Å². The molecule has 0 spiro atoms. The second-order valence-electron chi connectivity index (χ2n) is 1.64. The maximum absolute atomic E-state index is 9.96. The van der Waals surface area contributed by atoms with Gasteiger partial charge in [0.05, 0.1) is 6.20 Å². The van der Waals surface area contributed by atoms with E-state index < -0.39 is 0 Å². The molecule has 0 aliphatic heterocycles. The van der Waals surface area contributed by atoms with Gasteiger partial charge in [-0.05, 0) is 5.69 Å². The Kier molecular flexibility index (Phi) is 5.16. The number of aromatic nitrogens is 2. The van der Waals surface area contributed by atoms with E-state index in [0.29, 0.717) is 5.82 Å². The number of carbonyl (C=O) groups excluding carboxylic acids is 1. The summed E-state index contributed by atoms with van der Waals surface area (Å²) < 4.78 is 0. The number of rotatable bonds is 2. The van der Waals surface area contributed by atoms with Crippen molar-refractivity contribution in [1.82, 2.24) is 9.97 Å². The van der Waals surface area contributed by atoms with Gasteiger partial charge in [-0.15, -0.1) is 0 Å². The van der Waals surface area contributed by atoms with Crippen LogP contribution in [0.5, 0.6) is 0 Å². The first-order valence-electron chi connectivity index (χ1n) is 2.75. The van der Waals surface area contributed by atoms with E-state index in [9.17, 15) is 4.79 Å². The molecule has 55 valence electrons. The van der Waals surface area contributed by atoms with Crippen molar-refractivity contribution in [3.8, 4) is 0 Å². The van der Waals surface area contributed by atoms with Crippen LogP contribution in [0.1, 0.15) is 5.69 Å². The Labute approximate surface area is 89.7 Å². The topological polar surface area (TPSA) is 54.9 Å². The fourth-order valence-corrected chi connectivity index (χ4v) is 0.510. The van der Waals surface area contributed by atoms with Crippen molar-refractivity contribution in [2.45, 2.75) is 0 Å². The van der Waals surface area contributed by atoms with Crippen molar-refractivity contribution < 1.29 is 37.5 Å². The Hall–Kier alpha value is -0.346. The number of nitrogens with zero attached hydrogens (tertiary/aromatic N) is 2. The van der Waals surface area contributed by atoms with E-state index in [0.717, 1.165) is 0 Å². The van der Waals surface area contributed by atoms with Gasteiger partial charge in [0.1, 0.15) is 5.82 Å². The van der Waals surface area contributed by atoms with Gasteiger partial charge in [0.15, 0.2) is 0 Å². The summed E-state index contributed by atoms with van der Waals surface area (Å²) in [7, 11) is 1.73. The molecule has 1 N–H and O–H groups in total. The second-order valence-corrected chi connectivity index (χ2v) is 1.64. The summed E-state index contributed by atoms with van der Waals surface area (Å²) in [4.78, 5) is 17.5. The molecule has 0 aliphatic carbocycles. The standard InChI is InChI=1S/C6H6N3O.Y/c1-7-6-3-8-5(4-10)2-9-6;/h2-3H,1H3,(H,7,9);/q-1;. The predicted octanol–water partition coefficient (Wildman–Crippen LogP) is -0.0264. The molecular formula is C6H6N3OY-. The van der Waals surface area contributed by atoms with E-state index in [1.807, 2.05) is 0 Å². The molecule has 0 saturated carbocycles. The molecule has 0 unspecified atom stereocenters. The molecule has 11 heavy (non-hydrogen) atoms. The molecule has 1 heterocycles. The predicted molar refractivity (Wildman–Crippen MR) is 36.4 cm³/mol. The molecule has 1 rings (SSSR count). The van der Waals surface area contributed by atoms with Gasteiger partial charge in [0.25, 0.3) is 0 Å². The Morgan fingerprint density at radius 2 is 2.18 bits per heavy atom. The fourth-order valence-electron chi connectivity index (χ4n) is 0.510. The molecule has 0 saturated heterocycles. The largest absolute Gasteiger partial charge is 0.417 e. The molecule has 0 bridgehead atoms. The van der Waals surface area contributed by atoms with Crippen molar-refractivity contribution in [3.05, 3.63) is 18.1 Å². The van der Waals surface area contributed by atoms with Crippen molar-refractivity contribution in [2.75, 3.05) is 12.4 Å². The average Bonchev–Trinajstić information content (AvgIpc) is 2.05. The van der Waals surface area contributed by atoms with Gasteiger partial charge >= 0.3 is 0 Å². The molecule has 5 heteroatoms. The van der Waals surface area contributed by atoms with Crippen LogP contribution in [0.4, 0.5) is 5.82 Å². The molecule has 1 aromatic heterocycles. The minimum absolute atomic E-state index is 0. The van der Waals surface area contributed by atoms with Crippen LogP contribution in [0.15, 0.2) is 12.4 Å². The molecule has 0 aliphatic rings. The van der Waals surface area contributed by atoms with Crippen LogP contribution < -0.4 is 5.32 Å². The van der Waals surface area contributed by atoms with E-state index in [-0.39, 0.29) is 38.4 Å². The zero-order valence-electron chi connectivity index (χ0n) is 6.03. The second kappa shape index (κ2) is 5.32. The quantitative estimate of drug-likeness (QED) is 0.718. The van der Waals surface area contributed by atoms with Gasteiger partial charge in [-0.3, -0.25) is 4.98 Å². The molecule has 1 aromatic rings. The Morgan fingerprint density at radius 3 is 2.55 bits per heavy atom. The third kappa shape index (κ3) is 3.03. The summed E-state index contributed by atoms with van der Waals surface area (Å²) in [6, 6.07) is 0. The van der Waals surface area contributed by atoms with Crippen molar-refractivity contribution in [3.63, 3.8) is 0 Å². The van der Waals surface area contributed by atoms with E-state index in [1.165, 1.54) is 12.4 Å². The average molecular weight is 225 g/mol. The Bertz CT molecular complexity index is 224. The minimum Gasteiger partial charge on any atom is -0.417 e. The fraction of sp³-hybridized carbons (Fsp3) is 0.167. The number of hydrogen-bond donors (Lipinski definition) is 1. The maximum atomic E-state index is 9.96. The van der Waals surface area contributed by atoms with Gasteiger partial charge in [-0.1, -0.05) is 6.20 Å². The minimum atomic E-state index is 0. The zero-order chi connectivity index (χ0) is 7.40. The summed E-state index contributed by atoms with van der Waals surface area (Å²) in [5.74, 6) is 0.638. The van der Waals surface area contributed by atoms with Crippen LogP contribution in [-0.2, 0) is 37.5 Å². The SMILES string of the molecule is CNc1cnc([C-]=O)cn1.[Y]. The smallest absolute Gasteiger partial charge is 0.125 e. The van der Waals surface area contributed by atoms with E-state index in [4.69, 9.17) is 0 Å². The van der Waals surface area contributed by atoms with Gasteiger partial charge < -0.3 is 15.1 Å². The summed E-state index contributed by atoms with van der Waals surface area (Å²) in [6.07, 6.45) is 4.46. The van der Waals surface area contributed by atoms with Crippen LogP contribution in [-0.4, -0.2) is 23.3 Å². The molecule has 0 amide bonds. The number of nitrogens with one attached hydrogen (secondary N) is 1. The Morgan fingerprint density at radius 1 is 1.45 bits per heavy atom. The maximum Gasteiger partial charge on any atom is 0.125 e. The van der Waals surface area contributed by atoms with E-state index in [2.05, 4.69) is 15.3 Å².